The number of rotatable bonds is 8. The smallest absolute Gasteiger partial charge is 0.161 e. The average Bonchev–Trinajstić information content (AvgIpc) is 2.51. The first-order valence-corrected chi connectivity index (χ1v) is 8.00. The van der Waals surface area contributed by atoms with Crippen LogP contribution in [0.25, 0.3) is 0 Å². The molecule has 1 aromatic rings. The Labute approximate surface area is 127 Å². The lowest BCUT2D eigenvalue weighted by Gasteiger charge is -2.22. The van der Waals surface area contributed by atoms with Gasteiger partial charge >= 0.3 is 0 Å². The summed E-state index contributed by atoms with van der Waals surface area (Å²) in [5.74, 6) is 2.30. The lowest BCUT2D eigenvalue weighted by atomic mass is 10.0. The maximum absolute atomic E-state index is 5.65. The highest BCUT2D eigenvalue weighted by Gasteiger charge is 2.13. The molecule has 118 valence electrons. The minimum atomic E-state index is 0.646. The molecule has 1 atom stereocenters. The molecule has 0 radical (unpaired) electrons. The van der Waals surface area contributed by atoms with Gasteiger partial charge in [-0.05, 0) is 50.3 Å². The third kappa shape index (κ3) is 5.21. The van der Waals surface area contributed by atoms with Gasteiger partial charge in [0, 0.05) is 19.7 Å². The van der Waals surface area contributed by atoms with E-state index in [9.17, 15) is 0 Å². The third-order valence-corrected chi connectivity index (χ3v) is 3.62. The van der Waals surface area contributed by atoms with Crippen LogP contribution >= 0.6 is 0 Å². The summed E-state index contributed by atoms with van der Waals surface area (Å²) in [7, 11) is 0. The van der Waals surface area contributed by atoms with Crippen molar-refractivity contribution in [1.82, 2.24) is 5.32 Å². The van der Waals surface area contributed by atoms with Gasteiger partial charge in [0.25, 0.3) is 0 Å². The van der Waals surface area contributed by atoms with Gasteiger partial charge in [0.05, 0.1) is 19.8 Å². The van der Waals surface area contributed by atoms with Gasteiger partial charge in [-0.1, -0.05) is 6.07 Å². The summed E-state index contributed by atoms with van der Waals surface area (Å²) in [6, 6.07) is 6.16. The van der Waals surface area contributed by atoms with E-state index >= 15 is 0 Å². The number of hydrogen-bond donors (Lipinski definition) is 1. The van der Waals surface area contributed by atoms with E-state index in [4.69, 9.17) is 14.2 Å². The number of nitrogens with one attached hydrogen (secondary N) is 1. The minimum Gasteiger partial charge on any atom is -0.490 e. The summed E-state index contributed by atoms with van der Waals surface area (Å²) in [5.41, 5.74) is 1.22. The third-order valence-electron chi connectivity index (χ3n) is 3.62. The van der Waals surface area contributed by atoms with Gasteiger partial charge in [-0.2, -0.15) is 0 Å². The fourth-order valence-corrected chi connectivity index (χ4v) is 2.59. The molecule has 1 aliphatic rings. The van der Waals surface area contributed by atoms with Crippen molar-refractivity contribution in [2.45, 2.75) is 33.2 Å². The highest BCUT2D eigenvalue weighted by Crippen LogP contribution is 2.28. The number of ether oxygens (including phenoxy) is 3. The Hall–Kier alpha value is -1.26. The summed E-state index contributed by atoms with van der Waals surface area (Å²) in [6.07, 6.45) is 2.45. The SMILES string of the molecule is CCOc1ccc(CNCC2CCCOC2)cc1OCC. The van der Waals surface area contributed by atoms with Crippen LogP contribution in [-0.2, 0) is 11.3 Å². The van der Waals surface area contributed by atoms with Crippen LogP contribution in [0.2, 0.25) is 0 Å². The highest BCUT2D eigenvalue weighted by molar-refractivity contribution is 5.43. The molecule has 0 spiro atoms. The molecular formula is C17H27NO3. The van der Waals surface area contributed by atoms with Gasteiger partial charge < -0.3 is 19.5 Å². The molecule has 1 unspecified atom stereocenters. The van der Waals surface area contributed by atoms with Crippen LogP contribution in [0.3, 0.4) is 0 Å². The lowest BCUT2D eigenvalue weighted by Crippen LogP contribution is -2.28. The number of hydrogen-bond acceptors (Lipinski definition) is 4. The van der Waals surface area contributed by atoms with Crippen molar-refractivity contribution in [2.24, 2.45) is 5.92 Å². The van der Waals surface area contributed by atoms with Gasteiger partial charge in [0.2, 0.25) is 0 Å². The van der Waals surface area contributed by atoms with E-state index in [1.54, 1.807) is 0 Å². The first-order valence-electron chi connectivity index (χ1n) is 8.00. The zero-order valence-corrected chi connectivity index (χ0v) is 13.2. The van der Waals surface area contributed by atoms with Crippen molar-refractivity contribution in [3.63, 3.8) is 0 Å². The molecule has 0 aromatic heterocycles. The lowest BCUT2D eigenvalue weighted by molar-refractivity contribution is 0.0547. The minimum absolute atomic E-state index is 0.646. The average molecular weight is 293 g/mol. The van der Waals surface area contributed by atoms with Crippen LogP contribution in [0.15, 0.2) is 18.2 Å². The molecule has 1 heterocycles. The predicted octanol–water partition coefficient (Wildman–Crippen LogP) is 3.00. The van der Waals surface area contributed by atoms with Gasteiger partial charge in [-0.25, -0.2) is 0 Å². The number of benzene rings is 1. The van der Waals surface area contributed by atoms with E-state index in [1.807, 2.05) is 19.9 Å². The zero-order valence-electron chi connectivity index (χ0n) is 13.2. The molecule has 1 fully saturated rings. The molecule has 4 heteroatoms. The van der Waals surface area contributed by atoms with Crippen LogP contribution in [0, 0.1) is 5.92 Å². The maximum Gasteiger partial charge on any atom is 0.161 e. The van der Waals surface area contributed by atoms with E-state index in [0.29, 0.717) is 19.1 Å². The highest BCUT2D eigenvalue weighted by atomic mass is 16.5. The Morgan fingerprint density at radius 2 is 2.00 bits per heavy atom. The first-order chi connectivity index (χ1) is 10.3. The molecular weight excluding hydrogens is 266 g/mol. The van der Waals surface area contributed by atoms with Gasteiger partial charge in [0.1, 0.15) is 0 Å². The van der Waals surface area contributed by atoms with Gasteiger partial charge in [-0.3, -0.25) is 0 Å². The van der Waals surface area contributed by atoms with E-state index in [0.717, 1.165) is 37.8 Å². The molecule has 0 amide bonds. The van der Waals surface area contributed by atoms with Crippen LogP contribution in [0.4, 0.5) is 0 Å². The molecule has 1 N–H and O–H groups in total. The van der Waals surface area contributed by atoms with Gasteiger partial charge in [-0.15, -0.1) is 0 Å². The maximum atomic E-state index is 5.65. The van der Waals surface area contributed by atoms with Crippen LogP contribution in [0.5, 0.6) is 11.5 Å². The topological polar surface area (TPSA) is 39.7 Å². The molecule has 2 rings (SSSR count). The van der Waals surface area contributed by atoms with Crippen molar-refractivity contribution >= 4 is 0 Å². The quantitative estimate of drug-likeness (QED) is 0.800. The Kier molecular flexibility index (Phi) is 6.83. The van der Waals surface area contributed by atoms with Crippen molar-refractivity contribution < 1.29 is 14.2 Å². The molecule has 1 saturated heterocycles. The molecule has 0 bridgehead atoms. The molecule has 0 aliphatic carbocycles. The van der Waals surface area contributed by atoms with E-state index in [2.05, 4.69) is 17.4 Å². The summed E-state index contributed by atoms with van der Waals surface area (Å²) in [6.45, 7) is 8.95. The largest absolute Gasteiger partial charge is 0.490 e. The normalized spacial score (nSPS) is 18.5. The van der Waals surface area contributed by atoms with Gasteiger partial charge in [0.15, 0.2) is 11.5 Å². The van der Waals surface area contributed by atoms with E-state index in [-0.39, 0.29) is 0 Å². The summed E-state index contributed by atoms with van der Waals surface area (Å²) < 4.78 is 16.7. The van der Waals surface area contributed by atoms with Crippen LogP contribution in [0.1, 0.15) is 32.3 Å². The molecule has 4 nitrogen and oxygen atoms in total. The Morgan fingerprint density at radius 3 is 2.71 bits per heavy atom. The van der Waals surface area contributed by atoms with Crippen LogP contribution < -0.4 is 14.8 Å². The second kappa shape index (κ2) is 8.90. The fourth-order valence-electron chi connectivity index (χ4n) is 2.59. The molecule has 0 saturated carbocycles. The van der Waals surface area contributed by atoms with Crippen molar-refractivity contribution in [3.05, 3.63) is 23.8 Å². The molecule has 1 aromatic carbocycles. The second-order valence-corrected chi connectivity index (χ2v) is 5.36. The monoisotopic (exact) mass is 293 g/mol. The second-order valence-electron chi connectivity index (χ2n) is 5.36. The Balaban J connectivity index is 1.85. The van der Waals surface area contributed by atoms with Crippen molar-refractivity contribution in [3.8, 4) is 11.5 Å². The van der Waals surface area contributed by atoms with Crippen LogP contribution in [-0.4, -0.2) is 33.0 Å². The molecule has 21 heavy (non-hydrogen) atoms. The first kappa shape index (κ1) is 16.1. The summed E-state index contributed by atoms with van der Waals surface area (Å²) >= 11 is 0. The predicted molar refractivity (Wildman–Crippen MR) is 84.0 cm³/mol. The zero-order chi connectivity index (χ0) is 14.9. The van der Waals surface area contributed by atoms with E-state index < -0.39 is 0 Å². The Morgan fingerprint density at radius 1 is 1.19 bits per heavy atom. The van der Waals surface area contributed by atoms with E-state index in [1.165, 1.54) is 18.4 Å². The van der Waals surface area contributed by atoms with Crippen molar-refractivity contribution in [1.29, 1.82) is 0 Å². The molecule has 1 aliphatic heterocycles. The Bertz CT molecular complexity index is 416. The summed E-state index contributed by atoms with van der Waals surface area (Å²) in [5, 5.41) is 3.52. The van der Waals surface area contributed by atoms with Crippen molar-refractivity contribution in [2.75, 3.05) is 33.0 Å². The fraction of sp³-hybridized carbons (Fsp3) is 0.647. The summed E-state index contributed by atoms with van der Waals surface area (Å²) in [4.78, 5) is 0. The standard InChI is InChI=1S/C17H27NO3/c1-3-20-16-8-7-14(10-17(16)21-4-2)11-18-12-15-6-5-9-19-13-15/h7-8,10,15,18H,3-6,9,11-13H2,1-2H3.